The SMILES string of the molecule is O=C(Nc1cnoc1)C1(C(F)(F)F)CCNC1. The van der Waals surface area contributed by atoms with Gasteiger partial charge in [0.1, 0.15) is 12.0 Å². The van der Waals surface area contributed by atoms with Crippen molar-refractivity contribution in [1.82, 2.24) is 10.5 Å². The first-order chi connectivity index (χ1) is 7.96. The van der Waals surface area contributed by atoms with Gasteiger partial charge in [-0.05, 0) is 13.0 Å². The predicted molar refractivity (Wildman–Crippen MR) is 51.1 cm³/mol. The highest BCUT2D eigenvalue weighted by molar-refractivity contribution is 5.96. The smallest absolute Gasteiger partial charge is 0.363 e. The zero-order valence-electron chi connectivity index (χ0n) is 8.67. The Labute approximate surface area is 94.3 Å². The van der Waals surface area contributed by atoms with E-state index >= 15 is 0 Å². The molecule has 2 rings (SSSR count). The van der Waals surface area contributed by atoms with E-state index in [9.17, 15) is 18.0 Å². The number of halogens is 3. The average molecular weight is 249 g/mol. The fourth-order valence-corrected chi connectivity index (χ4v) is 1.77. The van der Waals surface area contributed by atoms with Crippen LogP contribution in [0.25, 0.3) is 0 Å². The lowest BCUT2D eigenvalue weighted by atomic mass is 9.85. The van der Waals surface area contributed by atoms with Crippen molar-refractivity contribution in [3.05, 3.63) is 12.5 Å². The maximum absolute atomic E-state index is 13.0. The molecule has 1 aromatic rings. The number of rotatable bonds is 2. The molecule has 8 heteroatoms. The molecule has 0 spiro atoms. The summed E-state index contributed by atoms with van der Waals surface area (Å²) in [7, 11) is 0. The van der Waals surface area contributed by atoms with Gasteiger partial charge in [-0.2, -0.15) is 13.2 Å². The number of aromatic nitrogens is 1. The number of amides is 1. The molecule has 0 bridgehead atoms. The Kier molecular flexibility index (Phi) is 2.82. The van der Waals surface area contributed by atoms with Gasteiger partial charge in [0, 0.05) is 6.54 Å². The molecule has 1 aliphatic heterocycles. The minimum atomic E-state index is -4.59. The van der Waals surface area contributed by atoms with Gasteiger partial charge in [-0.1, -0.05) is 5.16 Å². The Morgan fingerprint density at radius 1 is 1.59 bits per heavy atom. The van der Waals surface area contributed by atoms with E-state index in [0.717, 1.165) is 12.5 Å². The molecule has 1 atom stereocenters. The molecule has 0 aromatic carbocycles. The Morgan fingerprint density at radius 3 is 2.82 bits per heavy atom. The van der Waals surface area contributed by atoms with Gasteiger partial charge in [0.05, 0.1) is 6.20 Å². The van der Waals surface area contributed by atoms with Crippen molar-refractivity contribution in [2.45, 2.75) is 12.6 Å². The molecule has 1 saturated heterocycles. The van der Waals surface area contributed by atoms with Crippen molar-refractivity contribution in [3.63, 3.8) is 0 Å². The van der Waals surface area contributed by atoms with E-state index in [2.05, 4.69) is 20.3 Å². The van der Waals surface area contributed by atoms with Crippen molar-refractivity contribution in [1.29, 1.82) is 0 Å². The molecule has 1 amide bonds. The van der Waals surface area contributed by atoms with Crippen molar-refractivity contribution in [3.8, 4) is 0 Å². The average Bonchev–Trinajstić information content (AvgIpc) is 2.85. The lowest BCUT2D eigenvalue weighted by Gasteiger charge is -2.28. The first-order valence-electron chi connectivity index (χ1n) is 4.94. The van der Waals surface area contributed by atoms with Gasteiger partial charge in [-0.3, -0.25) is 4.79 Å². The van der Waals surface area contributed by atoms with Gasteiger partial charge >= 0.3 is 6.18 Å². The lowest BCUT2D eigenvalue weighted by molar-refractivity contribution is -0.213. The first-order valence-corrected chi connectivity index (χ1v) is 4.94. The second-order valence-corrected chi connectivity index (χ2v) is 3.87. The number of hydrogen-bond acceptors (Lipinski definition) is 4. The summed E-state index contributed by atoms with van der Waals surface area (Å²) in [6, 6.07) is 0. The van der Waals surface area contributed by atoms with Gasteiger partial charge in [-0.15, -0.1) is 0 Å². The molecule has 0 aliphatic carbocycles. The molecular weight excluding hydrogens is 239 g/mol. The molecular formula is C9H10F3N3O2. The highest BCUT2D eigenvalue weighted by Crippen LogP contribution is 2.43. The number of nitrogens with one attached hydrogen (secondary N) is 2. The van der Waals surface area contributed by atoms with Crippen molar-refractivity contribution >= 4 is 11.6 Å². The van der Waals surface area contributed by atoms with E-state index in [1.807, 2.05) is 0 Å². The quantitative estimate of drug-likeness (QED) is 0.825. The van der Waals surface area contributed by atoms with Crippen LogP contribution in [-0.2, 0) is 4.79 Å². The third-order valence-electron chi connectivity index (χ3n) is 2.82. The van der Waals surface area contributed by atoms with E-state index in [1.54, 1.807) is 0 Å². The topological polar surface area (TPSA) is 67.2 Å². The molecule has 1 aromatic heterocycles. The van der Waals surface area contributed by atoms with Crippen molar-refractivity contribution < 1.29 is 22.5 Å². The van der Waals surface area contributed by atoms with Crippen LogP contribution in [-0.4, -0.2) is 30.3 Å². The molecule has 0 saturated carbocycles. The van der Waals surface area contributed by atoms with Crippen molar-refractivity contribution in [2.24, 2.45) is 5.41 Å². The largest absolute Gasteiger partial charge is 0.404 e. The van der Waals surface area contributed by atoms with Crippen LogP contribution in [0.2, 0.25) is 0 Å². The zero-order valence-corrected chi connectivity index (χ0v) is 8.67. The highest BCUT2D eigenvalue weighted by atomic mass is 19.4. The van der Waals surface area contributed by atoms with Crippen LogP contribution in [0.15, 0.2) is 17.0 Å². The monoisotopic (exact) mass is 249 g/mol. The van der Waals surface area contributed by atoms with Gasteiger partial charge in [0.15, 0.2) is 5.41 Å². The van der Waals surface area contributed by atoms with Crippen LogP contribution in [0.4, 0.5) is 18.9 Å². The number of anilines is 1. The third kappa shape index (κ3) is 1.99. The van der Waals surface area contributed by atoms with E-state index < -0.39 is 24.0 Å². The molecule has 94 valence electrons. The van der Waals surface area contributed by atoms with E-state index in [4.69, 9.17) is 0 Å². The van der Waals surface area contributed by atoms with Gasteiger partial charge in [0.25, 0.3) is 0 Å². The molecule has 2 N–H and O–H groups in total. The van der Waals surface area contributed by atoms with Crippen LogP contribution in [0.1, 0.15) is 6.42 Å². The number of carbonyl (C=O) groups excluding carboxylic acids is 1. The molecule has 0 radical (unpaired) electrons. The standard InChI is InChI=1S/C9H10F3N3O2/c10-9(11,12)8(1-2-13-5-8)7(16)15-6-3-14-17-4-6/h3-4,13H,1-2,5H2,(H,15,16). The van der Waals surface area contributed by atoms with Crippen LogP contribution in [0.3, 0.4) is 0 Å². The number of nitrogens with zero attached hydrogens (tertiary/aromatic N) is 1. The maximum Gasteiger partial charge on any atom is 0.404 e. The Morgan fingerprint density at radius 2 is 2.35 bits per heavy atom. The molecule has 1 unspecified atom stereocenters. The summed E-state index contributed by atoms with van der Waals surface area (Å²) < 4.78 is 43.3. The van der Waals surface area contributed by atoms with Crippen LogP contribution in [0.5, 0.6) is 0 Å². The molecule has 17 heavy (non-hydrogen) atoms. The second-order valence-electron chi connectivity index (χ2n) is 3.87. The summed E-state index contributed by atoms with van der Waals surface area (Å²) in [5.74, 6) is -1.08. The zero-order chi connectivity index (χ0) is 12.5. The Bertz CT molecular complexity index is 396. The second kappa shape index (κ2) is 4.02. The normalized spacial score (nSPS) is 24.9. The summed E-state index contributed by atoms with van der Waals surface area (Å²) in [5.41, 5.74) is -2.25. The summed E-state index contributed by atoms with van der Waals surface area (Å²) in [6.45, 7) is -0.246. The van der Waals surface area contributed by atoms with Gasteiger partial charge in [0.2, 0.25) is 5.91 Å². The van der Waals surface area contributed by atoms with Gasteiger partial charge in [-0.25, -0.2) is 0 Å². The number of alkyl halides is 3. The van der Waals surface area contributed by atoms with Gasteiger partial charge < -0.3 is 15.2 Å². The molecule has 2 heterocycles. The number of carbonyl (C=O) groups is 1. The maximum atomic E-state index is 13.0. The first kappa shape index (κ1) is 11.9. The highest BCUT2D eigenvalue weighted by Gasteiger charge is 2.61. The Balaban J connectivity index is 2.20. The van der Waals surface area contributed by atoms with E-state index in [-0.39, 0.29) is 18.7 Å². The molecule has 5 nitrogen and oxygen atoms in total. The lowest BCUT2D eigenvalue weighted by Crippen LogP contribution is -2.49. The van der Waals surface area contributed by atoms with E-state index in [1.165, 1.54) is 0 Å². The third-order valence-corrected chi connectivity index (χ3v) is 2.82. The summed E-state index contributed by atoms with van der Waals surface area (Å²) >= 11 is 0. The minimum absolute atomic E-state index is 0.116. The van der Waals surface area contributed by atoms with Crippen molar-refractivity contribution in [2.75, 3.05) is 18.4 Å². The fraction of sp³-hybridized carbons (Fsp3) is 0.556. The van der Waals surface area contributed by atoms with Crippen LogP contribution in [0, 0.1) is 5.41 Å². The molecule has 1 fully saturated rings. The summed E-state index contributed by atoms with van der Waals surface area (Å²) in [5, 5.41) is 8.02. The fourth-order valence-electron chi connectivity index (χ4n) is 1.77. The predicted octanol–water partition coefficient (Wildman–Crippen LogP) is 1.16. The summed E-state index contributed by atoms with van der Waals surface area (Å²) in [6.07, 6.45) is -2.64. The van der Waals surface area contributed by atoms with Crippen LogP contribution < -0.4 is 10.6 Å². The van der Waals surface area contributed by atoms with E-state index in [0.29, 0.717) is 0 Å². The summed E-state index contributed by atoms with van der Waals surface area (Å²) in [4.78, 5) is 11.7. The minimum Gasteiger partial charge on any atom is -0.363 e. The molecule has 1 aliphatic rings. The number of hydrogen-bond donors (Lipinski definition) is 2. The Hall–Kier alpha value is -1.57. The van der Waals surface area contributed by atoms with Crippen LogP contribution >= 0.6 is 0 Å².